The number of hydrogen-bond acceptors (Lipinski definition) is 3. The van der Waals surface area contributed by atoms with Crippen molar-refractivity contribution in [1.29, 1.82) is 0 Å². The summed E-state index contributed by atoms with van der Waals surface area (Å²) in [7, 11) is 0. The molecule has 0 spiro atoms. The summed E-state index contributed by atoms with van der Waals surface area (Å²) in [6.45, 7) is 4.20. The molecule has 0 aliphatic carbocycles. The van der Waals surface area contributed by atoms with Crippen LogP contribution in [0.5, 0.6) is 0 Å². The number of nitrogens with zero attached hydrogens (tertiary/aromatic N) is 1. The maximum atomic E-state index is 10.0. The first-order valence-electron chi connectivity index (χ1n) is 5.56. The zero-order valence-electron chi connectivity index (χ0n) is 9.48. The Hall–Kier alpha value is -1.09. The lowest BCUT2D eigenvalue weighted by Gasteiger charge is -2.20. The second-order valence-corrected chi connectivity index (χ2v) is 3.90. The van der Waals surface area contributed by atoms with Crippen molar-refractivity contribution in [2.75, 3.05) is 5.73 Å². The molecule has 1 atom stereocenters. The van der Waals surface area contributed by atoms with Gasteiger partial charge in [0.15, 0.2) is 0 Å². The van der Waals surface area contributed by atoms with Crippen LogP contribution in [0.2, 0.25) is 0 Å². The zero-order chi connectivity index (χ0) is 11.3. The van der Waals surface area contributed by atoms with E-state index in [0.29, 0.717) is 18.2 Å². The summed E-state index contributed by atoms with van der Waals surface area (Å²) >= 11 is 0. The van der Waals surface area contributed by atoms with Gasteiger partial charge in [0, 0.05) is 12.6 Å². The molecule has 1 aromatic rings. The van der Waals surface area contributed by atoms with Crippen LogP contribution in [0, 0.1) is 5.92 Å². The van der Waals surface area contributed by atoms with Crippen molar-refractivity contribution in [2.45, 2.75) is 39.2 Å². The van der Waals surface area contributed by atoms with Crippen LogP contribution in [0.25, 0.3) is 0 Å². The van der Waals surface area contributed by atoms with E-state index >= 15 is 0 Å². The van der Waals surface area contributed by atoms with Crippen molar-refractivity contribution in [2.24, 2.45) is 5.92 Å². The molecule has 0 bridgehead atoms. The summed E-state index contributed by atoms with van der Waals surface area (Å²) < 4.78 is 0. The molecule has 84 valence electrons. The highest BCUT2D eigenvalue weighted by atomic mass is 16.3. The van der Waals surface area contributed by atoms with Gasteiger partial charge in [-0.15, -0.1) is 0 Å². The van der Waals surface area contributed by atoms with Gasteiger partial charge in [-0.05, 0) is 17.5 Å². The smallest absolute Gasteiger partial charge is 0.126 e. The summed E-state index contributed by atoms with van der Waals surface area (Å²) in [4.78, 5) is 4.01. The molecule has 1 heterocycles. The van der Waals surface area contributed by atoms with Gasteiger partial charge >= 0.3 is 0 Å². The average molecular weight is 208 g/mol. The third-order valence-electron chi connectivity index (χ3n) is 2.95. The van der Waals surface area contributed by atoms with Gasteiger partial charge in [0.05, 0.1) is 6.10 Å². The molecule has 3 N–H and O–H groups in total. The zero-order valence-corrected chi connectivity index (χ0v) is 9.48. The Bertz CT molecular complexity index is 297. The standard InChI is InChI=1S/C12H20N2O/c1-3-9(4-2)11(15)8-10-6-5-7-14-12(10)13/h5-7,9,11,15H,3-4,8H2,1-2H3,(H2,13,14). The number of rotatable bonds is 5. The molecular formula is C12H20N2O. The van der Waals surface area contributed by atoms with E-state index in [1.807, 2.05) is 12.1 Å². The summed E-state index contributed by atoms with van der Waals surface area (Å²) in [5, 5.41) is 10.0. The van der Waals surface area contributed by atoms with Crippen LogP contribution in [0.4, 0.5) is 5.82 Å². The van der Waals surface area contributed by atoms with Gasteiger partial charge in [-0.1, -0.05) is 32.8 Å². The van der Waals surface area contributed by atoms with Gasteiger partial charge in [0.2, 0.25) is 0 Å². The van der Waals surface area contributed by atoms with Gasteiger partial charge < -0.3 is 10.8 Å². The van der Waals surface area contributed by atoms with Crippen LogP contribution in [0.15, 0.2) is 18.3 Å². The largest absolute Gasteiger partial charge is 0.392 e. The monoisotopic (exact) mass is 208 g/mol. The van der Waals surface area contributed by atoms with Crippen LogP contribution in [-0.4, -0.2) is 16.2 Å². The molecular weight excluding hydrogens is 188 g/mol. The Kier molecular flexibility index (Phi) is 4.56. The SMILES string of the molecule is CCC(CC)C(O)Cc1cccnc1N. The Labute approximate surface area is 91.3 Å². The topological polar surface area (TPSA) is 59.1 Å². The maximum Gasteiger partial charge on any atom is 0.126 e. The van der Waals surface area contributed by atoms with Crippen molar-refractivity contribution in [3.63, 3.8) is 0 Å². The lowest BCUT2D eigenvalue weighted by atomic mass is 9.92. The van der Waals surface area contributed by atoms with E-state index in [2.05, 4.69) is 18.8 Å². The molecule has 1 aromatic heterocycles. The highest BCUT2D eigenvalue weighted by Crippen LogP contribution is 2.19. The number of aromatic nitrogens is 1. The van der Waals surface area contributed by atoms with E-state index in [1.54, 1.807) is 6.20 Å². The van der Waals surface area contributed by atoms with Crippen molar-refractivity contribution in [1.82, 2.24) is 4.98 Å². The van der Waals surface area contributed by atoms with Crippen molar-refractivity contribution >= 4 is 5.82 Å². The third kappa shape index (κ3) is 3.20. The molecule has 3 heteroatoms. The lowest BCUT2D eigenvalue weighted by molar-refractivity contribution is 0.103. The van der Waals surface area contributed by atoms with Gasteiger partial charge in [0.1, 0.15) is 5.82 Å². The molecule has 0 fully saturated rings. The van der Waals surface area contributed by atoms with E-state index in [0.717, 1.165) is 18.4 Å². The molecule has 0 saturated heterocycles. The van der Waals surface area contributed by atoms with Crippen LogP contribution >= 0.6 is 0 Å². The van der Waals surface area contributed by atoms with Crippen LogP contribution in [0.3, 0.4) is 0 Å². The molecule has 0 amide bonds. The van der Waals surface area contributed by atoms with Gasteiger partial charge in [0.25, 0.3) is 0 Å². The second kappa shape index (κ2) is 5.71. The first kappa shape index (κ1) is 12.0. The van der Waals surface area contributed by atoms with E-state index in [-0.39, 0.29) is 6.10 Å². The number of aliphatic hydroxyl groups is 1. The van der Waals surface area contributed by atoms with Crippen LogP contribution in [0.1, 0.15) is 32.3 Å². The second-order valence-electron chi connectivity index (χ2n) is 3.90. The van der Waals surface area contributed by atoms with Crippen molar-refractivity contribution in [3.05, 3.63) is 23.9 Å². The lowest BCUT2D eigenvalue weighted by Crippen LogP contribution is -2.22. The number of hydrogen-bond donors (Lipinski definition) is 2. The highest BCUT2D eigenvalue weighted by Gasteiger charge is 2.16. The number of anilines is 1. The van der Waals surface area contributed by atoms with Crippen LogP contribution in [-0.2, 0) is 6.42 Å². The van der Waals surface area contributed by atoms with E-state index in [9.17, 15) is 5.11 Å². The maximum absolute atomic E-state index is 10.0. The molecule has 0 aliphatic rings. The Morgan fingerprint density at radius 2 is 2.07 bits per heavy atom. The minimum absolute atomic E-state index is 0.313. The van der Waals surface area contributed by atoms with E-state index < -0.39 is 0 Å². The molecule has 0 aromatic carbocycles. The molecule has 15 heavy (non-hydrogen) atoms. The van der Waals surface area contributed by atoms with Gasteiger partial charge in [-0.2, -0.15) is 0 Å². The van der Waals surface area contributed by atoms with Crippen LogP contribution < -0.4 is 5.73 Å². The molecule has 1 rings (SSSR count). The summed E-state index contributed by atoms with van der Waals surface area (Å²) in [6, 6.07) is 3.78. The number of nitrogens with two attached hydrogens (primary N) is 1. The molecule has 0 saturated carbocycles. The minimum Gasteiger partial charge on any atom is -0.392 e. The summed E-state index contributed by atoms with van der Waals surface area (Å²) in [5.41, 5.74) is 6.67. The van der Waals surface area contributed by atoms with Gasteiger partial charge in [-0.3, -0.25) is 0 Å². The number of nitrogen functional groups attached to an aromatic ring is 1. The summed E-state index contributed by atoms with van der Waals surface area (Å²) in [6.07, 6.45) is 3.95. The normalized spacial score (nSPS) is 13.1. The quantitative estimate of drug-likeness (QED) is 0.778. The molecule has 3 nitrogen and oxygen atoms in total. The van der Waals surface area contributed by atoms with Gasteiger partial charge in [-0.25, -0.2) is 4.98 Å². The Morgan fingerprint density at radius 3 is 2.60 bits per heavy atom. The predicted molar refractivity (Wildman–Crippen MR) is 62.4 cm³/mol. The fourth-order valence-corrected chi connectivity index (χ4v) is 1.85. The molecule has 0 aliphatic heterocycles. The predicted octanol–water partition coefficient (Wildman–Crippen LogP) is 2.00. The fourth-order valence-electron chi connectivity index (χ4n) is 1.85. The van der Waals surface area contributed by atoms with E-state index in [1.165, 1.54) is 0 Å². The Morgan fingerprint density at radius 1 is 1.40 bits per heavy atom. The Balaban J connectivity index is 2.65. The third-order valence-corrected chi connectivity index (χ3v) is 2.95. The first-order valence-corrected chi connectivity index (χ1v) is 5.56. The van der Waals surface area contributed by atoms with E-state index in [4.69, 9.17) is 5.73 Å². The highest BCUT2D eigenvalue weighted by molar-refractivity contribution is 5.38. The number of pyridine rings is 1. The first-order chi connectivity index (χ1) is 7.19. The number of aliphatic hydroxyl groups excluding tert-OH is 1. The van der Waals surface area contributed by atoms with Crippen molar-refractivity contribution in [3.8, 4) is 0 Å². The summed E-state index contributed by atoms with van der Waals surface area (Å²) in [5.74, 6) is 0.882. The molecule has 0 radical (unpaired) electrons. The molecule has 1 unspecified atom stereocenters. The minimum atomic E-state index is -0.313. The van der Waals surface area contributed by atoms with Crippen molar-refractivity contribution < 1.29 is 5.11 Å². The fraction of sp³-hybridized carbons (Fsp3) is 0.583. The average Bonchev–Trinajstić information content (AvgIpc) is 2.23.